The van der Waals surface area contributed by atoms with Crippen molar-refractivity contribution in [1.82, 2.24) is 0 Å². The van der Waals surface area contributed by atoms with E-state index in [4.69, 9.17) is 4.74 Å². The maximum atomic E-state index is 11.6. The van der Waals surface area contributed by atoms with E-state index in [1.54, 1.807) is 11.8 Å². The summed E-state index contributed by atoms with van der Waals surface area (Å²) in [5.74, 6) is -0.211. The van der Waals surface area contributed by atoms with Crippen LogP contribution in [0.15, 0.2) is 59.5 Å². The van der Waals surface area contributed by atoms with Crippen LogP contribution in [0.2, 0.25) is 0 Å². The first-order valence-electron chi connectivity index (χ1n) is 7.44. The van der Waals surface area contributed by atoms with Crippen molar-refractivity contribution in [2.45, 2.75) is 11.3 Å². The number of methoxy groups -OCH3 is 1. The van der Waals surface area contributed by atoms with Crippen molar-refractivity contribution in [2.75, 3.05) is 13.4 Å². The first-order chi connectivity index (χ1) is 11.2. The number of rotatable bonds is 4. The van der Waals surface area contributed by atoms with E-state index in [9.17, 15) is 4.79 Å². The minimum absolute atomic E-state index is 0.211. The van der Waals surface area contributed by atoms with E-state index >= 15 is 0 Å². The average Bonchev–Trinajstić information content (AvgIpc) is 2.93. The number of fused-ring (bicyclic) bond motifs is 1. The number of esters is 1. The van der Waals surface area contributed by atoms with Crippen molar-refractivity contribution in [1.29, 1.82) is 0 Å². The van der Waals surface area contributed by atoms with Gasteiger partial charge in [-0.25, -0.2) is 0 Å². The fourth-order valence-electron chi connectivity index (χ4n) is 2.73. The third-order valence-electron chi connectivity index (χ3n) is 3.91. The first-order valence-corrected chi connectivity index (χ1v) is 8.66. The molecule has 2 aromatic rings. The van der Waals surface area contributed by atoms with Gasteiger partial charge in [0.05, 0.1) is 13.5 Å². The fraction of sp³-hybridized carbons (Fsp3) is 0.150. The Kier molecular flexibility index (Phi) is 4.68. The van der Waals surface area contributed by atoms with Crippen LogP contribution in [-0.4, -0.2) is 19.3 Å². The van der Waals surface area contributed by atoms with Gasteiger partial charge < -0.3 is 4.74 Å². The average molecular weight is 322 g/mol. The smallest absolute Gasteiger partial charge is 0.310 e. The SMILES string of the molecule is COC(=O)CC1=C/C(=C\c2ccc(SC)cc2)c2ccccc21. The summed E-state index contributed by atoms with van der Waals surface area (Å²) in [6.45, 7) is 0. The van der Waals surface area contributed by atoms with E-state index in [1.165, 1.54) is 17.6 Å². The second kappa shape index (κ2) is 6.88. The van der Waals surface area contributed by atoms with Crippen LogP contribution in [0.5, 0.6) is 0 Å². The summed E-state index contributed by atoms with van der Waals surface area (Å²) in [5.41, 5.74) is 5.59. The molecule has 0 aromatic heterocycles. The molecule has 116 valence electrons. The number of hydrogen-bond donors (Lipinski definition) is 0. The van der Waals surface area contributed by atoms with E-state index in [1.807, 2.05) is 12.1 Å². The zero-order valence-corrected chi connectivity index (χ0v) is 14.0. The van der Waals surface area contributed by atoms with Gasteiger partial charge in [-0.3, -0.25) is 4.79 Å². The van der Waals surface area contributed by atoms with Gasteiger partial charge in [-0.2, -0.15) is 0 Å². The standard InChI is InChI=1S/C20H18O2S/c1-22-20(21)13-16-12-15(18-5-3-4-6-19(16)18)11-14-7-9-17(23-2)10-8-14/h3-12H,13H2,1-2H3/b15-11+. The molecule has 1 aliphatic rings. The number of carbonyl (C=O) groups is 1. The number of hydrogen-bond acceptors (Lipinski definition) is 3. The molecule has 0 aliphatic heterocycles. The maximum Gasteiger partial charge on any atom is 0.310 e. The maximum absolute atomic E-state index is 11.6. The van der Waals surface area contributed by atoms with Crippen LogP contribution in [0.25, 0.3) is 17.2 Å². The minimum atomic E-state index is -0.211. The van der Waals surface area contributed by atoms with Crippen molar-refractivity contribution in [2.24, 2.45) is 0 Å². The zero-order valence-electron chi connectivity index (χ0n) is 13.2. The largest absolute Gasteiger partial charge is 0.469 e. The fourth-order valence-corrected chi connectivity index (χ4v) is 3.14. The third kappa shape index (κ3) is 3.40. The predicted octanol–water partition coefficient (Wildman–Crippen LogP) is 4.91. The molecule has 0 heterocycles. The Morgan fingerprint density at radius 1 is 1.09 bits per heavy atom. The second-order valence-electron chi connectivity index (χ2n) is 5.34. The van der Waals surface area contributed by atoms with Gasteiger partial charge in [0.2, 0.25) is 0 Å². The summed E-state index contributed by atoms with van der Waals surface area (Å²) in [4.78, 5) is 12.9. The topological polar surface area (TPSA) is 26.3 Å². The van der Waals surface area contributed by atoms with Gasteiger partial charge in [0, 0.05) is 4.90 Å². The van der Waals surface area contributed by atoms with Gasteiger partial charge in [-0.15, -0.1) is 11.8 Å². The molecule has 3 rings (SSSR count). The lowest BCUT2D eigenvalue weighted by Gasteiger charge is -2.04. The molecule has 0 bridgehead atoms. The van der Waals surface area contributed by atoms with Crippen LogP contribution in [0.1, 0.15) is 23.1 Å². The monoisotopic (exact) mass is 322 g/mol. The van der Waals surface area contributed by atoms with Crippen molar-refractivity contribution in [3.63, 3.8) is 0 Å². The Hall–Kier alpha value is -2.26. The van der Waals surface area contributed by atoms with Crippen LogP contribution in [0, 0.1) is 0 Å². The van der Waals surface area contributed by atoms with E-state index < -0.39 is 0 Å². The molecule has 0 spiro atoms. The Balaban J connectivity index is 1.97. The highest BCUT2D eigenvalue weighted by atomic mass is 32.2. The van der Waals surface area contributed by atoms with Crippen LogP contribution in [0.4, 0.5) is 0 Å². The number of ether oxygens (including phenoxy) is 1. The number of carbonyl (C=O) groups excluding carboxylic acids is 1. The predicted molar refractivity (Wildman–Crippen MR) is 97.1 cm³/mol. The van der Waals surface area contributed by atoms with Crippen LogP contribution >= 0.6 is 11.8 Å². The lowest BCUT2D eigenvalue weighted by atomic mass is 10.0. The molecular formula is C20H18O2S. The second-order valence-corrected chi connectivity index (χ2v) is 6.22. The lowest BCUT2D eigenvalue weighted by Crippen LogP contribution is -2.00. The van der Waals surface area contributed by atoms with E-state index in [-0.39, 0.29) is 5.97 Å². The molecule has 0 fully saturated rings. The summed E-state index contributed by atoms with van der Waals surface area (Å²) in [5, 5.41) is 0. The van der Waals surface area contributed by atoms with Gasteiger partial charge in [0.1, 0.15) is 0 Å². The van der Waals surface area contributed by atoms with Crippen molar-refractivity contribution >= 4 is 35.0 Å². The van der Waals surface area contributed by atoms with Gasteiger partial charge in [-0.1, -0.05) is 36.4 Å². The van der Waals surface area contributed by atoms with Crippen LogP contribution in [-0.2, 0) is 9.53 Å². The summed E-state index contributed by atoms with van der Waals surface area (Å²) in [6, 6.07) is 16.7. The third-order valence-corrected chi connectivity index (χ3v) is 4.66. The first kappa shape index (κ1) is 15.6. The molecule has 3 heteroatoms. The van der Waals surface area contributed by atoms with Crippen molar-refractivity contribution in [3.05, 3.63) is 71.3 Å². The van der Waals surface area contributed by atoms with E-state index in [0.29, 0.717) is 6.42 Å². The van der Waals surface area contributed by atoms with E-state index in [2.05, 4.69) is 54.8 Å². The molecule has 0 saturated heterocycles. The molecular weight excluding hydrogens is 304 g/mol. The molecule has 2 nitrogen and oxygen atoms in total. The van der Waals surface area contributed by atoms with Crippen LogP contribution in [0.3, 0.4) is 0 Å². The molecule has 0 atom stereocenters. The summed E-state index contributed by atoms with van der Waals surface area (Å²) in [7, 11) is 1.42. The van der Waals surface area contributed by atoms with Gasteiger partial charge in [-0.05, 0) is 58.4 Å². The minimum Gasteiger partial charge on any atom is -0.469 e. The molecule has 23 heavy (non-hydrogen) atoms. The van der Waals surface area contributed by atoms with Crippen molar-refractivity contribution in [3.8, 4) is 0 Å². The molecule has 0 amide bonds. The van der Waals surface area contributed by atoms with E-state index in [0.717, 1.165) is 22.3 Å². The highest BCUT2D eigenvalue weighted by Crippen LogP contribution is 2.38. The molecule has 0 radical (unpaired) electrons. The highest BCUT2D eigenvalue weighted by Gasteiger charge is 2.20. The normalized spacial score (nSPS) is 14.5. The summed E-state index contributed by atoms with van der Waals surface area (Å²) < 4.78 is 4.80. The Bertz CT molecular complexity index is 786. The van der Waals surface area contributed by atoms with Gasteiger partial charge >= 0.3 is 5.97 Å². The molecule has 2 aromatic carbocycles. The quantitative estimate of drug-likeness (QED) is 0.591. The van der Waals surface area contributed by atoms with Crippen molar-refractivity contribution < 1.29 is 9.53 Å². The summed E-state index contributed by atoms with van der Waals surface area (Å²) in [6.07, 6.45) is 6.62. The molecule has 0 saturated carbocycles. The Morgan fingerprint density at radius 3 is 2.43 bits per heavy atom. The lowest BCUT2D eigenvalue weighted by molar-refractivity contribution is -0.139. The summed E-state index contributed by atoms with van der Waals surface area (Å²) >= 11 is 1.73. The zero-order chi connectivity index (χ0) is 16.2. The molecule has 1 aliphatic carbocycles. The Labute approximate surface area is 140 Å². The molecule has 0 N–H and O–H groups in total. The van der Waals surface area contributed by atoms with Gasteiger partial charge in [0.25, 0.3) is 0 Å². The number of thioether (sulfide) groups is 1. The Morgan fingerprint density at radius 2 is 1.78 bits per heavy atom. The van der Waals surface area contributed by atoms with Crippen LogP contribution < -0.4 is 0 Å². The highest BCUT2D eigenvalue weighted by molar-refractivity contribution is 7.98. The van der Waals surface area contributed by atoms with Gasteiger partial charge in [0.15, 0.2) is 0 Å². The number of benzene rings is 2. The number of allylic oxidation sites excluding steroid dienone is 2. The molecule has 0 unspecified atom stereocenters.